The highest BCUT2D eigenvalue weighted by Crippen LogP contribution is 2.37. The Hall–Kier alpha value is -5.05. The third-order valence-electron chi connectivity index (χ3n) is 7.38. The fourth-order valence-corrected chi connectivity index (χ4v) is 5.53. The molecule has 7 aromatic rings. The normalized spacial score (nSPS) is 11.0. The first-order valence-electron chi connectivity index (χ1n) is 13.6. The molecule has 0 amide bonds. The Labute approximate surface area is 244 Å². The van der Waals surface area contributed by atoms with E-state index in [1.165, 1.54) is 11.1 Å². The van der Waals surface area contributed by atoms with Gasteiger partial charge in [0.2, 0.25) is 0 Å². The molecule has 1 heterocycles. The summed E-state index contributed by atoms with van der Waals surface area (Å²) in [6, 6.07) is 52.1. The molecule has 3 heteroatoms. The van der Waals surface area contributed by atoms with Crippen molar-refractivity contribution in [3.05, 3.63) is 157 Å². The maximum atomic E-state index is 6.35. The molecule has 194 valence electrons. The molecular weight excluding hydrogens is 520 g/mol. The Morgan fingerprint density at radius 2 is 0.902 bits per heavy atom. The summed E-state index contributed by atoms with van der Waals surface area (Å²) in [5, 5.41) is 3.01. The van der Waals surface area contributed by atoms with Crippen molar-refractivity contribution in [2.24, 2.45) is 0 Å². The van der Waals surface area contributed by atoms with Gasteiger partial charge in [-0.25, -0.2) is 9.97 Å². The van der Waals surface area contributed by atoms with Gasteiger partial charge in [0.05, 0.1) is 11.4 Å². The molecular formula is C38H25ClN2. The molecule has 0 unspecified atom stereocenters. The van der Waals surface area contributed by atoms with E-state index in [2.05, 4.69) is 109 Å². The van der Waals surface area contributed by atoms with Crippen LogP contribution >= 0.6 is 11.6 Å². The number of benzene rings is 6. The third-order valence-corrected chi connectivity index (χ3v) is 7.62. The highest BCUT2D eigenvalue weighted by Gasteiger charge is 2.15. The maximum Gasteiger partial charge on any atom is 0.160 e. The number of hydrogen-bond donors (Lipinski definition) is 0. The lowest BCUT2D eigenvalue weighted by Gasteiger charge is -2.14. The average Bonchev–Trinajstić information content (AvgIpc) is 3.05. The Bertz CT molecular complexity index is 1980. The number of fused-ring (bicyclic) bond motifs is 1. The van der Waals surface area contributed by atoms with Gasteiger partial charge in [0.15, 0.2) is 5.82 Å². The van der Waals surface area contributed by atoms with Crippen molar-refractivity contribution >= 4 is 22.4 Å². The molecule has 7 rings (SSSR count). The molecule has 2 nitrogen and oxygen atoms in total. The first-order valence-corrected chi connectivity index (χ1v) is 14.0. The summed E-state index contributed by atoms with van der Waals surface area (Å²) in [7, 11) is 0. The highest BCUT2D eigenvalue weighted by molar-refractivity contribution is 6.31. The lowest BCUT2D eigenvalue weighted by Crippen LogP contribution is -1.96. The molecule has 0 saturated heterocycles. The van der Waals surface area contributed by atoms with Crippen molar-refractivity contribution in [2.45, 2.75) is 0 Å². The van der Waals surface area contributed by atoms with Crippen molar-refractivity contribution in [1.29, 1.82) is 0 Å². The molecule has 41 heavy (non-hydrogen) atoms. The van der Waals surface area contributed by atoms with Gasteiger partial charge >= 0.3 is 0 Å². The van der Waals surface area contributed by atoms with Gasteiger partial charge in [-0.2, -0.15) is 0 Å². The van der Waals surface area contributed by atoms with Gasteiger partial charge in [-0.1, -0.05) is 145 Å². The summed E-state index contributed by atoms with van der Waals surface area (Å²) < 4.78 is 0. The zero-order valence-corrected chi connectivity index (χ0v) is 23.0. The molecule has 0 fully saturated rings. The SMILES string of the molecule is Clc1cccc(-c2ccc(-c3cc(-c4ccc(-c5ccccc5)cc4)nc(-c4ccccc4)n3)c3ccccc23)c1. The molecule has 0 N–H and O–H groups in total. The van der Waals surface area contributed by atoms with E-state index >= 15 is 0 Å². The van der Waals surface area contributed by atoms with Crippen LogP contribution in [0, 0.1) is 0 Å². The quantitative estimate of drug-likeness (QED) is 0.215. The molecule has 0 spiro atoms. The minimum absolute atomic E-state index is 0.702. The lowest BCUT2D eigenvalue weighted by atomic mass is 9.93. The maximum absolute atomic E-state index is 6.35. The first kappa shape index (κ1) is 25.0. The van der Waals surface area contributed by atoms with E-state index < -0.39 is 0 Å². The molecule has 6 aromatic carbocycles. The molecule has 0 aliphatic heterocycles. The van der Waals surface area contributed by atoms with Crippen LogP contribution in [0.2, 0.25) is 5.02 Å². The second kappa shape index (κ2) is 10.8. The average molecular weight is 545 g/mol. The molecule has 1 aromatic heterocycles. The largest absolute Gasteiger partial charge is 0.228 e. The van der Waals surface area contributed by atoms with Gasteiger partial charge in [0.1, 0.15) is 0 Å². The predicted octanol–water partition coefficient (Wildman–Crippen LogP) is 10.6. The van der Waals surface area contributed by atoms with Crippen molar-refractivity contribution < 1.29 is 0 Å². The summed E-state index contributed by atoms with van der Waals surface area (Å²) in [4.78, 5) is 10.1. The minimum Gasteiger partial charge on any atom is -0.228 e. The number of nitrogens with zero attached hydrogens (tertiary/aromatic N) is 2. The number of hydrogen-bond acceptors (Lipinski definition) is 2. The number of aromatic nitrogens is 2. The van der Waals surface area contributed by atoms with E-state index in [9.17, 15) is 0 Å². The second-order valence-electron chi connectivity index (χ2n) is 9.99. The van der Waals surface area contributed by atoms with Crippen LogP contribution in [0.4, 0.5) is 0 Å². The Morgan fingerprint density at radius 3 is 1.61 bits per heavy atom. The van der Waals surface area contributed by atoms with Gasteiger partial charge in [-0.3, -0.25) is 0 Å². The van der Waals surface area contributed by atoms with Gasteiger partial charge < -0.3 is 0 Å². The van der Waals surface area contributed by atoms with E-state index in [0.29, 0.717) is 5.82 Å². The Balaban J connectivity index is 1.39. The lowest BCUT2D eigenvalue weighted by molar-refractivity contribution is 1.18. The standard InChI is InChI=1S/C38H25ClN2/c39-31-15-9-14-30(24-31)32-22-23-35(34-17-8-7-16-33(32)34)37-25-36(40-38(41-37)29-12-5-2-6-13-29)28-20-18-27(19-21-28)26-10-3-1-4-11-26/h1-25H. The van der Waals surface area contributed by atoms with Crippen molar-refractivity contribution in [3.63, 3.8) is 0 Å². The zero-order chi connectivity index (χ0) is 27.6. The van der Waals surface area contributed by atoms with Crippen LogP contribution in [0.15, 0.2) is 152 Å². The van der Waals surface area contributed by atoms with Crippen molar-refractivity contribution in [3.8, 4) is 56.2 Å². The van der Waals surface area contributed by atoms with Crippen LogP contribution < -0.4 is 0 Å². The van der Waals surface area contributed by atoms with Crippen molar-refractivity contribution in [2.75, 3.05) is 0 Å². The summed E-state index contributed by atoms with van der Waals surface area (Å²) in [6.07, 6.45) is 0. The van der Waals surface area contributed by atoms with Gasteiger partial charge in [-0.05, 0) is 51.2 Å². The van der Waals surface area contributed by atoms with Crippen molar-refractivity contribution in [1.82, 2.24) is 9.97 Å². The van der Waals surface area contributed by atoms with Crippen LogP contribution in [0.25, 0.3) is 66.9 Å². The van der Waals surface area contributed by atoms with Gasteiger partial charge in [-0.15, -0.1) is 0 Å². The zero-order valence-electron chi connectivity index (χ0n) is 22.2. The summed E-state index contributed by atoms with van der Waals surface area (Å²) in [5.74, 6) is 0.702. The van der Waals surface area contributed by atoms with Crippen LogP contribution in [0.3, 0.4) is 0 Å². The van der Waals surface area contributed by atoms with E-state index in [0.717, 1.165) is 55.0 Å². The molecule has 0 bridgehead atoms. The predicted molar refractivity (Wildman–Crippen MR) is 172 cm³/mol. The Morgan fingerprint density at radius 1 is 0.366 bits per heavy atom. The fraction of sp³-hybridized carbons (Fsp3) is 0. The highest BCUT2D eigenvalue weighted by atomic mass is 35.5. The summed E-state index contributed by atoms with van der Waals surface area (Å²) in [5.41, 5.74) is 9.46. The van der Waals surface area contributed by atoms with Crippen LogP contribution in [-0.2, 0) is 0 Å². The summed E-state index contributed by atoms with van der Waals surface area (Å²) >= 11 is 6.35. The minimum atomic E-state index is 0.702. The van der Waals surface area contributed by atoms with Gasteiger partial charge in [0, 0.05) is 21.7 Å². The topological polar surface area (TPSA) is 25.8 Å². The second-order valence-corrected chi connectivity index (χ2v) is 10.4. The molecule has 0 aliphatic carbocycles. The number of halogens is 1. The van der Waals surface area contributed by atoms with Gasteiger partial charge in [0.25, 0.3) is 0 Å². The number of rotatable bonds is 5. The first-order chi connectivity index (χ1) is 20.2. The van der Waals surface area contributed by atoms with E-state index in [-0.39, 0.29) is 0 Å². The molecule has 0 saturated carbocycles. The monoisotopic (exact) mass is 544 g/mol. The van der Waals surface area contributed by atoms with Crippen LogP contribution in [-0.4, -0.2) is 9.97 Å². The van der Waals surface area contributed by atoms with Crippen LogP contribution in [0.5, 0.6) is 0 Å². The molecule has 0 radical (unpaired) electrons. The van der Waals surface area contributed by atoms with E-state index in [1.807, 2.05) is 42.5 Å². The van der Waals surface area contributed by atoms with E-state index in [4.69, 9.17) is 21.6 Å². The fourth-order valence-electron chi connectivity index (χ4n) is 5.34. The molecule has 0 aliphatic rings. The molecule has 0 atom stereocenters. The summed E-state index contributed by atoms with van der Waals surface area (Å²) in [6.45, 7) is 0. The third kappa shape index (κ3) is 5.02. The Kier molecular flexibility index (Phi) is 6.60. The smallest absolute Gasteiger partial charge is 0.160 e. The van der Waals surface area contributed by atoms with E-state index in [1.54, 1.807) is 0 Å². The van der Waals surface area contributed by atoms with Crippen LogP contribution in [0.1, 0.15) is 0 Å².